The van der Waals surface area contributed by atoms with Gasteiger partial charge in [-0.1, -0.05) is 6.92 Å². The van der Waals surface area contributed by atoms with E-state index in [-0.39, 0.29) is 5.82 Å². The highest BCUT2D eigenvalue weighted by Crippen LogP contribution is 2.25. The van der Waals surface area contributed by atoms with E-state index in [0.717, 1.165) is 42.8 Å². The van der Waals surface area contributed by atoms with Gasteiger partial charge in [0.25, 0.3) is 0 Å². The molecule has 0 radical (unpaired) electrons. The van der Waals surface area contributed by atoms with Crippen LogP contribution in [0.3, 0.4) is 0 Å². The molecule has 90 valence electrons. The zero-order valence-electron chi connectivity index (χ0n) is 9.91. The minimum atomic E-state index is -0.188. The number of fused-ring (bicyclic) bond motifs is 1. The summed E-state index contributed by atoms with van der Waals surface area (Å²) in [6.45, 7) is 4.08. The van der Waals surface area contributed by atoms with Crippen molar-refractivity contribution in [2.75, 3.05) is 13.1 Å². The van der Waals surface area contributed by atoms with Gasteiger partial charge < -0.3 is 9.88 Å². The predicted octanol–water partition coefficient (Wildman–Crippen LogP) is 2.27. The lowest BCUT2D eigenvalue weighted by Crippen LogP contribution is -2.15. The van der Waals surface area contributed by atoms with Crippen LogP contribution in [0.5, 0.6) is 0 Å². The van der Waals surface area contributed by atoms with Gasteiger partial charge in [0.2, 0.25) is 0 Å². The van der Waals surface area contributed by atoms with Crippen LogP contribution in [-0.2, 0) is 6.42 Å². The van der Waals surface area contributed by atoms with Gasteiger partial charge in [-0.3, -0.25) is 0 Å². The van der Waals surface area contributed by atoms with E-state index in [2.05, 4.69) is 21.8 Å². The van der Waals surface area contributed by atoms with Gasteiger partial charge in [-0.15, -0.1) is 0 Å². The molecular formula is C13H16FN3. The molecule has 1 fully saturated rings. The van der Waals surface area contributed by atoms with Gasteiger partial charge in [0, 0.05) is 19.0 Å². The van der Waals surface area contributed by atoms with Crippen LogP contribution < -0.4 is 5.32 Å². The van der Waals surface area contributed by atoms with Crippen LogP contribution in [0.1, 0.15) is 25.2 Å². The number of hydrogen-bond donors (Lipinski definition) is 1. The maximum atomic E-state index is 13.4. The van der Waals surface area contributed by atoms with Crippen LogP contribution in [0, 0.1) is 5.82 Å². The quantitative estimate of drug-likeness (QED) is 0.862. The summed E-state index contributed by atoms with van der Waals surface area (Å²) >= 11 is 0. The highest BCUT2D eigenvalue weighted by atomic mass is 19.1. The number of imidazole rings is 1. The third kappa shape index (κ3) is 1.72. The first kappa shape index (κ1) is 10.7. The zero-order valence-corrected chi connectivity index (χ0v) is 9.91. The summed E-state index contributed by atoms with van der Waals surface area (Å²) in [7, 11) is 0. The molecular weight excluding hydrogens is 217 g/mol. The SMILES string of the molecule is CCc1nc2ccc(F)cc2n1C1CCNC1. The first-order valence-corrected chi connectivity index (χ1v) is 6.16. The largest absolute Gasteiger partial charge is 0.323 e. The summed E-state index contributed by atoms with van der Waals surface area (Å²) < 4.78 is 15.6. The predicted molar refractivity (Wildman–Crippen MR) is 65.6 cm³/mol. The maximum absolute atomic E-state index is 13.4. The Labute approximate surface area is 99.7 Å². The molecule has 1 aromatic heterocycles. The molecule has 0 aliphatic carbocycles. The number of aryl methyl sites for hydroxylation is 1. The Kier molecular flexibility index (Phi) is 2.59. The Bertz CT molecular complexity index is 541. The lowest BCUT2D eigenvalue weighted by molar-refractivity contribution is 0.538. The zero-order chi connectivity index (χ0) is 11.8. The van der Waals surface area contributed by atoms with Gasteiger partial charge in [-0.05, 0) is 31.2 Å². The summed E-state index contributed by atoms with van der Waals surface area (Å²) in [5, 5.41) is 3.35. The Morgan fingerprint density at radius 3 is 3.12 bits per heavy atom. The van der Waals surface area contributed by atoms with Gasteiger partial charge in [-0.2, -0.15) is 0 Å². The van der Waals surface area contributed by atoms with Crippen molar-refractivity contribution >= 4 is 11.0 Å². The summed E-state index contributed by atoms with van der Waals surface area (Å²) in [5.41, 5.74) is 1.82. The van der Waals surface area contributed by atoms with E-state index in [9.17, 15) is 4.39 Å². The molecule has 0 amide bonds. The molecule has 2 heterocycles. The molecule has 0 saturated carbocycles. The van der Waals surface area contributed by atoms with Crippen LogP contribution in [0.4, 0.5) is 4.39 Å². The monoisotopic (exact) mass is 233 g/mol. The molecule has 3 nitrogen and oxygen atoms in total. The molecule has 1 saturated heterocycles. The molecule has 0 spiro atoms. The normalized spacial score (nSPS) is 20.2. The Balaban J connectivity index is 2.20. The topological polar surface area (TPSA) is 29.9 Å². The fraction of sp³-hybridized carbons (Fsp3) is 0.462. The summed E-state index contributed by atoms with van der Waals surface area (Å²) in [4.78, 5) is 4.59. The van der Waals surface area contributed by atoms with Gasteiger partial charge in [0.05, 0.1) is 11.0 Å². The van der Waals surface area contributed by atoms with Crippen molar-refractivity contribution in [2.24, 2.45) is 0 Å². The van der Waals surface area contributed by atoms with Crippen LogP contribution in [0.2, 0.25) is 0 Å². The lowest BCUT2D eigenvalue weighted by atomic mass is 10.2. The molecule has 1 aliphatic rings. The molecule has 1 aliphatic heterocycles. The minimum absolute atomic E-state index is 0.188. The van der Waals surface area contributed by atoms with Crippen molar-refractivity contribution in [3.8, 4) is 0 Å². The molecule has 1 aromatic carbocycles. The second-order valence-electron chi connectivity index (χ2n) is 4.53. The number of hydrogen-bond acceptors (Lipinski definition) is 2. The first-order chi connectivity index (χ1) is 8.29. The molecule has 2 aromatic rings. The molecule has 3 rings (SSSR count). The number of rotatable bonds is 2. The van der Waals surface area contributed by atoms with Crippen molar-refractivity contribution in [3.05, 3.63) is 29.8 Å². The van der Waals surface area contributed by atoms with Gasteiger partial charge in [0.1, 0.15) is 11.6 Å². The molecule has 4 heteroatoms. The second kappa shape index (κ2) is 4.11. The Morgan fingerprint density at radius 1 is 1.53 bits per heavy atom. The van der Waals surface area contributed by atoms with Crippen molar-refractivity contribution < 1.29 is 4.39 Å². The average molecular weight is 233 g/mol. The highest BCUT2D eigenvalue weighted by molar-refractivity contribution is 5.76. The average Bonchev–Trinajstić information content (AvgIpc) is 2.93. The number of halogens is 1. The summed E-state index contributed by atoms with van der Waals surface area (Å²) in [6, 6.07) is 5.26. The standard InChI is InChI=1S/C13H16FN3/c1-2-13-16-11-4-3-9(14)7-12(11)17(13)10-5-6-15-8-10/h3-4,7,10,15H,2,5-6,8H2,1H3. The lowest BCUT2D eigenvalue weighted by Gasteiger charge is -2.15. The van der Waals surface area contributed by atoms with E-state index in [4.69, 9.17) is 0 Å². The van der Waals surface area contributed by atoms with Crippen molar-refractivity contribution in [3.63, 3.8) is 0 Å². The Hall–Kier alpha value is -1.42. The summed E-state index contributed by atoms with van der Waals surface area (Å²) in [6.07, 6.45) is 1.97. The number of aromatic nitrogens is 2. The van der Waals surface area contributed by atoms with Gasteiger partial charge in [0.15, 0.2) is 0 Å². The Morgan fingerprint density at radius 2 is 2.41 bits per heavy atom. The number of benzene rings is 1. The van der Waals surface area contributed by atoms with Crippen LogP contribution in [-0.4, -0.2) is 22.6 Å². The van der Waals surface area contributed by atoms with E-state index in [1.807, 2.05) is 0 Å². The third-order valence-electron chi connectivity index (χ3n) is 3.44. The van der Waals surface area contributed by atoms with Crippen LogP contribution >= 0.6 is 0 Å². The van der Waals surface area contributed by atoms with E-state index in [1.54, 1.807) is 12.1 Å². The van der Waals surface area contributed by atoms with Gasteiger partial charge >= 0.3 is 0 Å². The van der Waals surface area contributed by atoms with Crippen molar-refractivity contribution in [1.29, 1.82) is 0 Å². The fourth-order valence-corrected chi connectivity index (χ4v) is 2.63. The van der Waals surface area contributed by atoms with Crippen molar-refractivity contribution in [1.82, 2.24) is 14.9 Å². The van der Waals surface area contributed by atoms with E-state index in [0.29, 0.717) is 6.04 Å². The maximum Gasteiger partial charge on any atom is 0.125 e. The van der Waals surface area contributed by atoms with E-state index < -0.39 is 0 Å². The van der Waals surface area contributed by atoms with Gasteiger partial charge in [-0.25, -0.2) is 9.37 Å². The molecule has 1 unspecified atom stereocenters. The highest BCUT2D eigenvalue weighted by Gasteiger charge is 2.21. The molecule has 1 N–H and O–H groups in total. The molecule has 0 bridgehead atoms. The second-order valence-corrected chi connectivity index (χ2v) is 4.53. The molecule has 1 atom stereocenters. The van der Waals surface area contributed by atoms with E-state index in [1.165, 1.54) is 6.07 Å². The van der Waals surface area contributed by atoms with Crippen LogP contribution in [0.25, 0.3) is 11.0 Å². The fourth-order valence-electron chi connectivity index (χ4n) is 2.63. The van der Waals surface area contributed by atoms with E-state index >= 15 is 0 Å². The third-order valence-corrected chi connectivity index (χ3v) is 3.44. The number of nitrogens with one attached hydrogen (secondary N) is 1. The first-order valence-electron chi connectivity index (χ1n) is 6.16. The van der Waals surface area contributed by atoms with Crippen LogP contribution in [0.15, 0.2) is 18.2 Å². The van der Waals surface area contributed by atoms with Crippen molar-refractivity contribution in [2.45, 2.75) is 25.8 Å². The smallest absolute Gasteiger partial charge is 0.125 e. The summed E-state index contributed by atoms with van der Waals surface area (Å²) in [5.74, 6) is 0.867. The number of nitrogens with zero attached hydrogens (tertiary/aromatic N) is 2. The molecule has 17 heavy (non-hydrogen) atoms. The minimum Gasteiger partial charge on any atom is -0.323 e.